The predicted molar refractivity (Wildman–Crippen MR) is 88.4 cm³/mol. The number of rotatable bonds is 3. The van der Waals surface area contributed by atoms with E-state index in [1.807, 2.05) is 6.92 Å². The van der Waals surface area contributed by atoms with E-state index in [2.05, 4.69) is 48.9 Å². The van der Waals surface area contributed by atoms with Crippen molar-refractivity contribution in [2.24, 2.45) is 5.73 Å². The highest BCUT2D eigenvalue weighted by atomic mass is 79.9. The highest BCUT2D eigenvalue weighted by Gasteiger charge is 2.16. The molecule has 21 heavy (non-hydrogen) atoms. The van der Waals surface area contributed by atoms with Crippen molar-refractivity contribution in [1.29, 1.82) is 0 Å². The molecule has 4 nitrogen and oxygen atoms in total. The van der Waals surface area contributed by atoms with Gasteiger partial charge < -0.3 is 10.3 Å². The molecular formula is C15H19BrN4S. The van der Waals surface area contributed by atoms with E-state index >= 15 is 0 Å². The van der Waals surface area contributed by atoms with Gasteiger partial charge in [0.2, 0.25) is 0 Å². The lowest BCUT2D eigenvalue weighted by Crippen LogP contribution is -2.05. The van der Waals surface area contributed by atoms with Crippen LogP contribution in [-0.2, 0) is 13.0 Å². The predicted octanol–water partition coefficient (Wildman–Crippen LogP) is 3.94. The first kappa shape index (κ1) is 15.1. The number of aryl methyl sites for hydroxylation is 1. The Hall–Kier alpha value is -0.850. The summed E-state index contributed by atoms with van der Waals surface area (Å²) < 4.78 is 3.32. The zero-order valence-corrected chi connectivity index (χ0v) is 14.5. The van der Waals surface area contributed by atoms with Crippen molar-refractivity contribution in [2.45, 2.75) is 55.2 Å². The summed E-state index contributed by atoms with van der Waals surface area (Å²) in [6.45, 7) is 3.02. The number of benzene rings is 1. The molecule has 2 N–H and O–H groups in total. The Balaban J connectivity index is 1.84. The molecule has 0 saturated heterocycles. The summed E-state index contributed by atoms with van der Waals surface area (Å²) in [5.41, 5.74) is 7.07. The van der Waals surface area contributed by atoms with E-state index < -0.39 is 0 Å². The molecule has 1 aromatic carbocycles. The van der Waals surface area contributed by atoms with Gasteiger partial charge in [0.15, 0.2) is 5.16 Å². The quantitative estimate of drug-likeness (QED) is 0.893. The molecule has 1 aromatic heterocycles. The fourth-order valence-corrected chi connectivity index (χ4v) is 4.38. The van der Waals surface area contributed by atoms with E-state index in [1.165, 1.54) is 19.3 Å². The maximum absolute atomic E-state index is 5.95. The van der Waals surface area contributed by atoms with Crippen molar-refractivity contribution in [3.63, 3.8) is 0 Å². The Bertz CT molecular complexity index is 639. The zero-order chi connectivity index (χ0) is 14.8. The first-order valence-corrected chi connectivity index (χ1v) is 8.91. The van der Waals surface area contributed by atoms with E-state index in [-0.39, 0.29) is 6.04 Å². The molecule has 0 fully saturated rings. The molecule has 0 amide bonds. The smallest absolute Gasteiger partial charge is 0.196 e. The SMILES string of the molecule is CC(N)c1ccc(Sc2nnc3n2CCCCC3)cc1Br. The van der Waals surface area contributed by atoms with Crippen LogP contribution in [0.5, 0.6) is 0 Å². The van der Waals surface area contributed by atoms with Crippen LogP contribution in [0.2, 0.25) is 0 Å². The molecule has 6 heteroatoms. The number of hydrogen-bond donors (Lipinski definition) is 1. The van der Waals surface area contributed by atoms with Gasteiger partial charge in [-0.1, -0.05) is 28.4 Å². The van der Waals surface area contributed by atoms with E-state index in [9.17, 15) is 0 Å². The van der Waals surface area contributed by atoms with Crippen LogP contribution < -0.4 is 5.73 Å². The number of halogens is 1. The van der Waals surface area contributed by atoms with Gasteiger partial charge in [0, 0.05) is 28.4 Å². The molecule has 1 unspecified atom stereocenters. The fourth-order valence-electron chi connectivity index (χ4n) is 2.58. The van der Waals surface area contributed by atoms with Gasteiger partial charge >= 0.3 is 0 Å². The van der Waals surface area contributed by atoms with E-state index in [4.69, 9.17) is 5.73 Å². The van der Waals surface area contributed by atoms with Gasteiger partial charge in [0.05, 0.1) is 0 Å². The number of fused-ring (bicyclic) bond motifs is 1. The highest BCUT2D eigenvalue weighted by Crippen LogP contribution is 2.32. The van der Waals surface area contributed by atoms with Crippen LogP contribution in [0, 0.1) is 0 Å². The molecule has 1 aliphatic heterocycles. The molecule has 0 bridgehead atoms. The van der Waals surface area contributed by atoms with Crippen LogP contribution in [0.25, 0.3) is 0 Å². The van der Waals surface area contributed by atoms with E-state index in [0.717, 1.165) is 38.9 Å². The lowest BCUT2D eigenvalue weighted by molar-refractivity contribution is 0.591. The van der Waals surface area contributed by atoms with Gasteiger partial charge in [-0.25, -0.2) is 0 Å². The van der Waals surface area contributed by atoms with Crippen LogP contribution in [0.15, 0.2) is 32.7 Å². The van der Waals surface area contributed by atoms with Crippen LogP contribution in [0.1, 0.15) is 43.6 Å². The second kappa shape index (κ2) is 6.50. The van der Waals surface area contributed by atoms with Crippen molar-refractivity contribution in [1.82, 2.24) is 14.8 Å². The number of hydrogen-bond acceptors (Lipinski definition) is 4. The normalized spacial score (nSPS) is 16.3. The third-order valence-corrected chi connectivity index (χ3v) is 5.41. The standard InChI is InChI=1S/C15H19BrN4S/c1-10(17)12-7-6-11(9-13(12)16)21-15-19-18-14-5-3-2-4-8-20(14)15/h6-7,9-10H,2-5,8,17H2,1H3. The summed E-state index contributed by atoms with van der Waals surface area (Å²) in [5.74, 6) is 1.13. The average molecular weight is 367 g/mol. The summed E-state index contributed by atoms with van der Waals surface area (Å²) >= 11 is 5.27. The number of nitrogens with zero attached hydrogens (tertiary/aromatic N) is 3. The molecule has 0 spiro atoms. The summed E-state index contributed by atoms with van der Waals surface area (Å²) in [5, 5.41) is 9.69. The lowest BCUT2D eigenvalue weighted by Gasteiger charge is -2.10. The van der Waals surface area contributed by atoms with Crippen LogP contribution in [0.4, 0.5) is 0 Å². The second-order valence-electron chi connectivity index (χ2n) is 5.44. The Morgan fingerprint density at radius 2 is 2.14 bits per heavy atom. The van der Waals surface area contributed by atoms with Crippen LogP contribution >= 0.6 is 27.7 Å². The third kappa shape index (κ3) is 3.33. The van der Waals surface area contributed by atoms with Crippen molar-refractivity contribution < 1.29 is 0 Å². The largest absolute Gasteiger partial charge is 0.324 e. The minimum atomic E-state index is 0.0304. The molecule has 0 aliphatic carbocycles. The second-order valence-corrected chi connectivity index (χ2v) is 7.33. The Labute approximate surface area is 137 Å². The van der Waals surface area contributed by atoms with Crippen molar-refractivity contribution in [3.8, 4) is 0 Å². The topological polar surface area (TPSA) is 56.7 Å². The van der Waals surface area contributed by atoms with E-state index in [1.54, 1.807) is 11.8 Å². The maximum atomic E-state index is 5.95. The Kier molecular flexibility index (Phi) is 4.66. The van der Waals surface area contributed by atoms with Crippen molar-refractivity contribution in [3.05, 3.63) is 34.1 Å². The Morgan fingerprint density at radius 3 is 2.90 bits per heavy atom. The van der Waals surface area contributed by atoms with Gasteiger partial charge in [-0.2, -0.15) is 0 Å². The minimum Gasteiger partial charge on any atom is -0.324 e. The zero-order valence-electron chi connectivity index (χ0n) is 12.1. The van der Waals surface area contributed by atoms with Crippen molar-refractivity contribution >= 4 is 27.7 Å². The van der Waals surface area contributed by atoms with Gasteiger partial charge in [0.1, 0.15) is 5.82 Å². The van der Waals surface area contributed by atoms with Gasteiger partial charge in [0.25, 0.3) is 0 Å². The average Bonchev–Trinajstić information content (AvgIpc) is 2.68. The fraction of sp³-hybridized carbons (Fsp3) is 0.467. The molecule has 0 radical (unpaired) electrons. The van der Waals surface area contributed by atoms with Gasteiger partial charge in [-0.15, -0.1) is 10.2 Å². The monoisotopic (exact) mass is 366 g/mol. The highest BCUT2D eigenvalue weighted by molar-refractivity contribution is 9.10. The maximum Gasteiger partial charge on any atom is 0.196 e. The molecule has 1 aliphatic rings. The number of nitrogens with two attached hydrogens (primary N) is 1. The molecule has 112 valence electrons. The molecule has 2 heterocycles. The summed E-state index contributed by atoms with van der Waals surface area (Å²) in [6.07, 6.45) is 4.76. The van der Waals surface area contributed by atoms with Crippen LogP contribution in [0.3, 0.4) is 0 Å². The lowest BCUT2D eigenvalue weighted by atomic mass is 10.1. The molecule has 2 aromatic rings. The molecular weight excluding hydrogens is 348 g/mol. The molecule has 3 rings (SSSR count). The van der Waals surface area contributed by atoms with Gasteiger partial charge in [-0.3, -0.25) is 0 Å². The van der Waals surface area contributed by atoms with Crippen LogP contribution in [-0.4, -0.2) is 14.8 Å². The number of aromatic nitrogens is 3. The minimum absolute atomic E-state index is 0.0304. The first-order valence-electron chi connectivity index (χ1n) is 7.30. The summed E-state index contributed by atoms with van der Waals surface area (Å²) in [4.78, 5) is 1.16. The third-order valence-electron chi connectivity index (χ3n) is 3.75. The Morgan fingerprint density at radius 1 is 1.29 bits per heavy atom. The summed E-state index contributed by atoms with van der Waals surface area (Å²) in [7, 11) is 0. The first-order chi connectivity index (χ1) is 10.1. The van der Waals surface area contributed by atoms with E-state index in [0.29, 0.717) is 0 Å². The van der Waals surface area contributed by atoms with Crippen molar-refractivity contribution in [2.75, 3.05) is 0 Å². The van der Waals surface area contributed by atoms with Gasteiger partial charge in [-0.05, 0) is 49.2 Å². The molecule has 1 atom stereocenters. The summed E-state index contributed by atoms with van der Waals surface area (Å²) in [6, 6.07) is 6.33. The molecule has 0 saturated carbocycles.